The normalized spacial score (nSPS) is 18.4. The first-order chi connectivity index (χ1) is 16.9. The fourth-order valence-corrected chi connectivity index (χ4v) is 4.84. The van der Waals surface area contributed by atoms with Gasteiger partial charge in [-0.1, -0.05) is 11.6 Å². The van der Waals surface area contributed by atoms with E-state index in [1.807, 2.05) is 13.2 Å². The van der Waals surface area contributed by atoms with Gasteiger partial charge in [-0.2, -0.15) is 5.10 Å². The van der Waals surface area contributed by atoms with Crippen LogP contribution in [0.4, 0.5) is 10.2 Å². The zero-order valence-corrected chi connectivity index (χ0v) is 20.2. The molecule has 1 atom stereocenters. The summed E-state index contributed by atoms with van der Waals surface area (Å²) in [6, 6.07) is 6.24. The van der Waals surface area contributed by atoms with Crippen molar-refractivity contribution in [1.82, 2.24) is 24.3 Å². The van der Waals surface area contributed by atoms with E-state index in [4.69, 9.17) is 26.3 Å². The summed E-state index contributed by atoms with van der Waals surface area (Å²) in [6.07, 6.45) is 5.51. The summed E-state index contributed by atoms with van der Waals surface area (Å²) in [5.74, 6) is 1.04. The maximum atomic E-state index is 15.1. The summed E-state index contributed by atoms with van der Waals surface area (Å²) in [6.45, 7) is 1.60. The van der Waals surface area contributed by atoms with Crippen LogP contribution in [-0.4, -0.2) is 44.0 Å². The van der Waals surface area contributed by atoms with E-state index in [2.05, 4.69) is 10.00 Å². The van der Waals surface area contributed by atoms with E-state index in [9.17, 15) is 4.79 Å². The van der Waals surface area contributed by atoms with E-state index in [0.717, 1.165) is 24.2 Å². The molecular formula is C25H24ClFN6O2. The molecule has 1 saturated heterocycles. The number of rotatable bonds is 4. The fourth-order valence-electron chi connectivity index (χ4n) is 4.68. The van der Waals surface area contributed by atoms with Crippen molar-refractivity contribution in [2.24, 2.45) is 14.1 Å². The highest BCUT2D eigenvalue weighted by Crippen LogP contribution is 2.40. The molecule has 0 radical (unpaired) electrons. The Balaban J connectivity index is 1.52. The summed E-state index contributed by atoms with van der Waals surface area (Å²) in [5, 5.41) is 4.95. The molecule has 0 spiro atoms. The van der Waals surface area contributed by atoms with Crippen LogP contribution in [-0.2, 0) is 18.8 Å². The second-order valence-electron chi connectivity index (χ2n) is 9.21. The average molecular weight is 495 g/mol. The van der Waals surface area contributed by atoms with Gasteiger partial charge < -0.3 is 9.64 Å². The molecule has 2 aliphatic rings. The van der Waals surface area contributed by atoms with Crippen LogP contribution in [0.3, 0.4) is 0 Å². The van der Waals surface area contributed by atoms with Crippen molar-refractivity contribution in [2.45, 2.75) is 24.9 Å². The van der Waals surface area contributed by atoms with Crippen LogP contribution in [0.15, 0.2) is 41.5 Å². The van der Waals surface area contributed by atoms with Gasteiger partial charge in [0.05, 0.1) is 18.2 Å². The molecule has 180 valence electrons. The Morgan fingerprint density at radius 1 is 1.17 bits per heavy atom. The molecule has 35 heavy (non-hydrogen) atoms. The van der Waals surface area contributed by atoms with E-state index in [1.165, 1.54) is 6.07 Å². The molecule has 0 N–H and O–H groups in total. The predicted octanol–water partition coefficient (Wildman–Crippen LogP) is 3.98. The van der Waals surface area contributed by atoms with Gasteiger partial charge in [0.15, 0.2) is 0 Å². The molecule has 0 amide bonds. The number of halogens is 2. The lowest BCUT2D eigenvalue weighted by Gasteiger charge is -2.33. The molecule has 6 rings (SSSR count). The lowest BCUT2D eigenvalue weighted by molar-refractivity contribution is 0.0395. The maximum absolute atomic E-state index is 15.1. The predicted molar refractivity (Wildman–Crippen MR) is 131 cm³/mol. The van der Waals surface area contributed by atoms with Crippen molar-refractivity contribution in [3.8, 4) is 11.3 Å². The molecule has 10 heteroatoms. The minimum atomic E-state index is -0.505. The molecule has 1 aromatic carbocycles. The molecule has 1 saturated carbocycles. The quantitative estimate of drug-likeness (QED) is 0.427. The van der Waals surface area contributed by atoms with Crippen molar-refractivity contribution in [3.05, 3.63) is 69.2 Å². The molecule has 8 nitrogen and oxygen atoms in total. The van der Waals surface area contributed by atoms with Crippen LogP contribution < -0.4 is 10.5 Å². The van der Waals surface area contributed by atoms with Gasteiger partial charge in [-0.25, -0.2) is 14.4 Å². The molecule has 1 aliphatic carbocycles. The number of morpholine rings is 1. The number of benzene rings is 1. The largest absolute Gasteiger partial charge is 0.370 e. The lowest BCUT2D eigenvalue weighted by Crippen LogP contribution is -2.39. The number of hydrogen-bond donors (Lipinski definition) is 0. The van der Waals surface area contributed by atoms with Crippen LogP contribution in [0, 0.1) is 5.82 Å². The summed E-state index contributed by atoms with van der Waals surface area (Å²) in [4.78, 5) is 25.2. The first kappa shape index (κ1) is 22.2. The van der Waals surface area contributed by atoms with Crippen LogP contribution in [0.1, 0.15) is 36.3 Å². The standard InChI is InChI=1S/C25H24ClFN6O2/c1-31-12-15(11-28-31)20-13-33(7-8-35-20)21-10-18-23(30-24(14-3-4-14)32(2)25(18)34)22(29-21)17-6-5-16(26)9-19(17)27/h5-6,9-12,14,20H,3-4,7-8,13H2,1-2H3/t20-/m1/s1. The minimum Gasteiger partial charge on any atom is -0.370 e. The van der Waals surface area contributed by atoms with Gasteiger partial charge in [0.1, 0.15) is 34.8 Å². The minimum absolute atomic E-state index is 0.159. The van der Waals surface area contributed by atoms with Crippen LogP contribution in [0.5, 0.6) is 0 Å². The highest BCUT2D eigenvalue weighted by Gasteiger charge is 2.30. The zero-order chi connectivity index (χ0) is 24.3. The number of aromatic nitrogens is 5. The van der Waals surface area contributed by atoms with Crippen molar-refractivity contribution >= 4 is 28.3 Å². The third-order valence-electron chi connectivity index (χ3n) is 6.70. The number of hydrogen-bond acceptors (Lipinski definition) is 6. The third kappa shape index (κ3) is 3.98. The number of nitrogens with zero attached hydrogens (tertiary/aromatic N) is 6. The Bertz CT molecular complexity index is 1510. The summed E-state index contributed by atoms with van der Waals surface area (Å²) in [5.41, 5.74) is 1.83. The first-order valence-corrected chi connectivity index (χ1v) is 12.0. The Morgan fingerprint density at radius 2 is 2.00 bits per heavy atom. The molecule has 2 fully saturated rings. The number of ether oxygens (including phenoxy) is 1. The van der Waals surface area contributed by atoms with Crippen molar-refractivity contribution in [1.29, 1.82) is 0 Å². The SMILES string of the molecule is Cn1cc([C@H]2CN(c3cc4c(=O)n(C)c(C5CC5)nc4c(-c4ccc(Cl)cc4F)n3)CCO2)cn1. The first-order valence-electron chi connectivity index (χ1n) is 11.6. The summed E-state index contributed by atoms with van der Waals surface area (Å²) >= 11 is 6.01. The van der Waals surface area contributed by atoms with Crippen LogP contribution in [0.25, 0.3) is 22.2 Å². The van der Waals surface area contributed by atoms with Gasteiger partial charge in [-0.3, -0.25) is 14.0 Å². The summed E-state index contributed by atoms with van der Waals surface area (Å²) < 4.78 is 24.4. The smallest absolute Gasteiger partial charge is 0.261 e. The molecule has 1 aliphatic heterocycles. The van der Waals surface area contributed by atoms with E-state index < -0.39 is 5.82 Å². The highest BCUT2D eigenvalue weighted by molar-refractivity contribution is 6.30. The van der Waals surface area contributed by atoms with Gasteiger partial charge in [-0.15, -0.1) is 0 Å². The molecule has 4 heterocycles. The molecular weight excluding hydrogens is 471 g/mol. The van der Waals surface area contributed by atoms with Gasteiger partial charge >= 0.3 is 0 Å². The van der Waals surface area contributed by atoms with Gasteiger partial charge in [-0.05, 0) is 37.1 Å². The fraction of sp³-hybridized carbons (Fsp3) is 0.360. The van der Waals surface area contributed by atoms with Gasteiger partial charge in [0.25, 0.3) is 5.56 Å². The number of fused-ring (bicyclic) bond motifs is 1. The molecule has 0 unspecified atom stereocenters. The highest BCUT2D eigenvalue weighted by atomic mass is 35.5. The Labute approximate surface area is 205 Å². The topological polar surface area (TPSA) is 78.1 Å². The Hall–Kier alpha value is -3.30. The second-order valence-corrected chi connectivity index (χ2v) is 9.65. The Kier molecular flexibility index (Phi) is 5.34. The molecule has 4 aromatic rings. The Morgan fingerprint density at radius 3 is 2.71 bits per heavy atom. The average Bonchev–Trinajstić information content (AvgIpc) is 3.60. The number of aryl methyl sites for hydroxylation is 1. The van der Waals surface area contributed by atoms with E-state index in [-0.39, 0.29) is 23.1 Å². The number of anilines is 1. The number of pyridine rings is 1. The molecule has 3 aromatic heterocycles. The second kappa shape index (κ2) is 8.42. The summed E-state index contributed by atoms with van der Waals surface area (Å²) in [7, 11) is 3.61. The monoisotopic (exact) mass is 494 g/mol. The van der Waals surface area contributed by atoms with Crippen molar-refractivity contribution in [2.75, 3.05) is 24.6 Å². The lowest BCUT2D eigenvalue weighted by atomic mass is 10.1. The maximum Gasteiger partial charge on any atom is 0.261 e. The van der Waals surface area contributed by atoms with E-state index in [0.29, 0.717) is 47.1 Å². The molecule has 0 bridgehead atoms. The van der Waals surface area contributed by atoms with Crippen LogP contribution in [0.2, 0.25) is 5.02 Å². The van der Waals surface area contributed by atoms with E-state index >= 15 is 4.39 Å². The van der Waals surface area contributed by atoms with Crippen molar-refractivity contribution < 1.29 is 9.13 Å². The van der Waals surface area contributed by atoms with Gasteiger partial charge in [0, 0.05) is 55.4 Å². The van der Waals surface area contributed by atoms with Crippen molar-refractivity contribution in [3.63, 3.8) is 0 Å². The third-order valence-corrected chi connectivity index (χ3v) is 6.94. The van der Waals surface area contributed by atoms with E-state index in [1.54, 1.807) is 40.7 Å². The van der Waals surface area contributed by atoms with Crippen LogP contribution >= 0.6 is 11.6 Å². The van der Waals surface area contributed by atoms with Gasteiger partial charge in [0.2, 0.25) is 0 Å². The zero-order valence-electron chi connectivity index (χ0n) is 19.4.